The van der Waals surface area contributed by atoms with E-state index in [9.17, 15) is 0 Å². The van der Waals surface area contributed by atoms with E-state index in [1.807, 2.05) is 6.07 Å². The molecule has 1 atom stereocenters. The van der Waals surface area contributed by atoms with Crippen LogP contribution in [0.25, 0.3) is 0 Å². The van der Waals surface area contributed by atoms with Crippen LogP contribution in [-0.2, 0) is 24.5 Å². The normalized spacial score (nSPS) is 21.2. The standard InChI is InChI=1S/C16H16S2/c1-16(12-3-6-14(18-2)7-4-12)10-11-9-13(17)5-8-15(11)16/h3-9,17H,10H2,1-2H3/p-1. The predicted octanol–water partition coefficient (Wildman–Crippen LogP) is 4.18. The minimum Gasteiger partial charge on any atom is -0.780 e. The lowest BCUT2D eigenvalue weighted by Gasteiger charge is -2.42. The van der Waals surface area contributed by atoms with Gasteiger partial charge in [0.2, 0.25) is 0 Å². The zero-order valence-corrected chi connectivity index (χ0v) is 12.2. The number of thioether (sulfide) groups is 1. The van der Waals surface area contributed by atoms with Gasteiger partial charge in [-0.15, -0.1) is 11.8 Å². The summed E-state index contributed by atoms with van der Waals surface area (Å²) >= 11 is 7.00. The molecule has 0 fully saturated rings. The van der Waals surface area contributed by atoms with Crippen LogP contribution < -0.4 is 0 Å². The minimum atomic E-state index is 0.176. The number of hydrogen-bond donors (Lipinski definition) is 0. The van der Waals surface area contributed by atoms with Crippen molar-refractivity contribution in [1.82, 2.24) is 0 Å². The van der Waals surface area contributed by atoms with Crippen LogP contribution in [0, 0.1) is 0 Å². The molecule has 0 aliphatic heterocycles. The van der Waals surface area contributed by atoms with E-state index in [1.165, 1.54) is 21.6 Å². The molecular weight excluding hydrogens is 256 g/mol. The molecule has 0 N–H and O–H groups in total. The highest BCUT2D eigenvalue weighted by Crippen LogP contribution is 2.46. The molecule has 18 heavy (non-hydrogen) atoms. The van der Waals surface area contributed by atoms with Crippen molar-refractivity contribution in [3.8, 4) is 0 Å². The van der Waals surface area contributed by atoms with Gasteiger partial charge in [0, 0.05) is 10.3 Å². The molecule has 3 rings (SSSR count). The number of hydrogen-bond acceptors (Lipinski definition) is 2. The van der Waals surface area contributed by atoms with Crippen molar-refractivity contribution in [3.63, 3.8) is 0 Å². The summed E-state index contributed by atoms with van der Waals surface area (Å²) in [4.78, 5) is 2.27. The summed E-state index contributed by atoms with van der Waals surface area (Å²) in [5.41, 5.74) is 4.44. The summed E-state index contributed by atoms with van der Waals surface area (Å²) in [5.74, 6) is 0. The van der Waals surface area contributed by atoms with Gasteiger partial charge in [-0.25, -0.2) is 0 Å². The molecule has 0 saturated carbocycles. The second kappa shape index (κ2) is 4.29. The Hall–Kier alpha value is -0.990. The monoisotopic (exact) mass is 271 g/mol. The summed E-state index contributed by atoms with van der Waals surface area (Å²) in [7, 11) is 0. The van der Waals surface area contributed by atoms with Gasteiger partial charge in [0.05, 0.1) is 0 Å². The van der Waals surface area contributed by atoms with Gasteiger partial charge >= 0.3 is 0 Å². The molecule has 2 aromatic carbocycles. The highest BCUT2D eigenvalue weighted by Gasteiger charge is 2.39. The molecule has 0 bridgehead atoms. The molecule has 0 heterocycles. The Morgan fingerprint density at radius 3 is 2.44 bits per heavy atom. The lowest BCUT2D eigenvalue weighted by atomic mass is 9.62. The fourth-order valence-electron chi connectivity index (χ4n) is 2.84. The van der Waals surface area contributed by atoms with Gasteiger partial charge in [-0.1, -0.05) is 37.3 Å². The lowest BCUT2D eigenvalue weighted by Crippen LogP contribution is -2.36. The van der Waals surface area contributed by atoms with E-state index in [4.69, 9.17) is 12.6 Å². The molecule has 0 saturated heterocycles. The van der Waals surface area contributed by atoms with E-state index in [2.05, 4.69) is 49.6 Å². The van der Waals surface area contributed by atoms with Crippen LogP contribution in [0.15, 0.2) is 52.3 Å². The Bertz CT molecular complexity index is 587. The maximum Gasteiger partial charge on any atom is 0.0217 e. The molecule has 0 amide bonds. The topological polar surface area (TPSA) is 0 Å². The largest absolute Gasteiger partial charge is 0.780 e. The second-order valence-electron chi connectivity index (χ2n) is 5.06. The van der Waals surface area contributed by atoms with Crippen LogP contribution in [0.4, 0.5) is 0 Å². The fraction of sp³-hybridized carbons (Fsp3) is 0.250. The highest BCUT2D eigenvalue weighted by molar-refractivity contribution is 7.98. The Balaban J connectivity index is 1.99. The molecule has 0 radical (unpaired) electrons. The van der Waals surface area contributed by atoms with Gasteiger partial charge in [-0.05, 0) is 41.5 Å². The molecule has 2 heteroatoms. The first kappa shape index (κ1) is 12.1. The van der Waals surface area contributed by atoms with Crippen LogP contribution in [0.3, 0.4) is 0 Å². The molecule has 0 nitrogen and oxygen atoms in total. The molecule has 1 aliphatic rings. The van der Waals surface area contributed by atoms with Crippen LogP contribution in [0.5, 0.6) is 0 Å². The Morgan fingerprint density at radius 1 is 1.11 bits per heavy atom. The highest BCUT2D eigenvalue weighted by atomic mass is 32.2. The van der Waals surface area contributed by atoms with E-state index in [0.29, 0.717) is 0 Å². The van der Waals surface area contributed by atoms with Crippen molar-refractivity contribution in [1.29, 1.82) is 0 Å². The van der Waals surface area contributed by atoms with Gasteiger partial charge in [0.25, 0.3) is 0 Å². The molecule has 0 spiro atoms. The summed E-state index contributed by atoms with van der Waals surface area (Å²) in [6.07, 6.45) is 3.21. The Labute approximate surface area is 118 Å². The maximum atomic E-state index is 5.21. The van der Waals surface area contributed by atoms with Crippen LogP contribution in [0.1, 0.15) is 23.6 Å². The molecule has 92 valence electrons. The molecular formula is C16H15S2-. The number of benzene rings is 2. The smallest absolute Gasteiger partial charge is 0.0217 e. The third-order valence-electron chi connectivity index (χ3n) is 3.94. The number of fused-ring (bicyclic) bond motifs is 1. The fourth-order valence-corrected chi connectivity index (χ4v) is 3.46. The van der Waals surface area contributed by atoms with Crippen LogP contribution in [-0.4, -0.2) is 6.26 Å². The molecule has 1 aliphatic carbocycles. The zero-order chi connectivity index (χ0) is 12.8. The van der Waals surface area contributed by atoms with Gasteiger partial charge in [-0.3, -0.25) is 0 Å². The first-order valence-corrected chi connectivity index (χ1v) is 7.72. The Kier molecular flexibility index (Phi) is 2.87. The van der Waals surface area contributed by atoms with Crippen molar-refractivity contribution < 1.29 is 0 Å². The summed E-state index contributed by atoms with van der Waals surface area (Å²) in [6, 6.07) is 15.3. The zero-order valence-electron chi connectivity index (χ0n) is 10.6. The van der Waals surface area contributed by atoms with E-state index in [0.717, 1.165) is 11.3 Å². The second-order valence-corrected chi connectivity index (χ2v) is 6.41. The average molecular weight is 271 g/mol. The van der Waals surface area contributed by atoms with Crippen molar-refractivity contribution >= 4 is 24.4 Å². The van der Waals surface area contributed by atoms with Crippen LogP contribution >= 0.6 is 11.8 Å². The van der Waals surface area contributed by atoms with E-state index < -0.39 is 0 Å². The van der Waals surface area contributed by atoms with Gasteiger partial charge in [-0.2, -0.15) is 4.90 Å². The van der Waals surface area contributed by atoms with E-state index >= 15 is 0 Å². The van der Waals surface area contributed by atoms with Gasteiger partial charge in [0.1, 0.15) is 0 Å². The van der Waals surface area contributed by atoms with Crippen LogP contribution in [0.2, 0.25) is 0 Å². The predicted molar refractivity (Wildman–Crippen MR) is 80.5 cm³/mol. The van der Waals surface area contributed by atoms with Crippen molar-refractivity contribution in [2.75, 3.05) is 6.26 Å². The lowest BCUT2D eigenvalue weighted by molar-refractivity contribution is 0.494. The molecule has 2 aromatic rings. The third-order valence-corrected chi connectivity index (χ3v) is 4.94. The maximum absolute atomic E-state index is 5.21. The van der Waals surface area contributed by atoms with Crippen molar-refractivity contribution in [2.45, 2.75) is 28.6 Å². The average Bonchev–Trinajstić information content (AvgIpc) is 2.37. The van der Waals surface area contributed by atoms with E-state index in [1.54, 1.807) is 11.8 Å². The van der Waals surface area contributed by atoms with Gasteiger partial charge in [0.15, 0.2) is 0 Å². The number of rotatable bonds is 2. The van der Waals surface area contributed by atoms with E-state index in [-0.39, 0.29) is 5.41 Å². The van der Waals surface area contributed by atoms with Crippen molar-refractivity contribution in [2.24, 2.45) is 0 Å². The quantitative estimate of drug-likeness (QED) is 0.594. The Morgan fingerprint density at radius 2 is 1.83 bits per heavy atom. The third kappa shape index (κ3) is 1.75. The molecule has 1 unspecified atom stereocenters. The van der Waals surface area contributed by atoms with Gasteiger partial charge < -0.3 is 12.6 Å². The minimum absolute atomic E-state index is 0.176. The van der Waals surface area contributed by atoms with Crippen molar-refractivity contribution in [3.05, 3.63) is 59.2 Å². The summed E-state index contributed by atoms with van der Waals surface area (Å²) in [5, 5.41) is 0. The summed E-state index contributed by atoms with van der Waals surface area (Å²) in [6.45, 7) is 2.33. The SMILES string of the molecule is CSc1ccc(C2(C)Cc3cc([S-])ccc32)cc1. The first-order valence-electron chi connectivity index (χ1n) is 6.08. The first-order chi connectivity index (χ1) is 8.63. The molecule has 0 aromatic heterocycles. The summed E-state index contributed by atoms with van der Waals surface area (Å²) < 4.78 is 0.